The van der Waals surface area contributed by atoms with Crippen LogP contribution in [0.5, 0.6) is 5.75 Å². The first-order valence-electron chi connectivity index (χ1n) is 5.81. The van der Waals surface area contributed by atoms with Crippen LogP contribution < -0.4 is 15.4 Å². The van der Waals surface area contributed by atoms with Crippen molar-refractivity contribution in [3.8, 4) is 5.75 Å². The third-order valence-corrected chi connectivity index (χ3v) is 2.54. The van der Waals surface area contributed by atoms with Crippen LogP contribution in [0.1, 0.15) is 25.5 Å². The average molecular weight is 236 g/mol. The highest BCUT2D eigenvalue weighted by Gasteiger charge is 2.07. The lowest BCUT2D eigenvalue weighted by molar-refractivity contribution is -0.120. The highest BCUT2D eigenvalue weighted by molar-refractivity contribution is 5.77. The molecule has 0 fully saturated rings. The van der Waals surface area contributed by atoms with E-state index >= 15 is 0 Å². The zero-order valence-corrected chi connectivity index (χ0v) is 10.6. The van der Waals surface area contributed by atoms with Crippen molar-refractivity contribution in [2.75, 3.05) is 20.2 Å². The van der Waals surface area contributed by atoms with Crippen LogP contribution in [0.2, 0.25) is 0 Å². The molecule has 1 atom stereocenters. The fourth-order valence-corrected chi connectivity index (χ4v) is 1.53. The van der Waals surface area contributed by atoms with Crippen LogP contribution in [0.25, 0.3) is 0 Å². The van der Waals surface area contributed by atoms with Crippen LogP contribution >= 0.6 is 0 Å². The number of nitrogens with one attached hydrogen (secondary N) is 2. The molecule has 94 valence electrons. The van der Waals surface area contributed by atoms with E-state index < -0.39 is 0 Å². The molecule has 4 heteroatoms. The van der Waals surface area contributed by atoms with Gasteiger partial charge in [0, 0.05) is 12.6 Å². The van der Waals surface area contributed by atoms with Crippen molar-refractivity contribution in [2.45, 2.75) is 19.9 Å². The Bertz CT molecular complexity index is 366. The Balaban J connectivity index is 2.51. The number of rotatable bonds is 6. The largest absolute Gasteiger partial charge is 0.497 e. The van der Waals surface area contributed by atoms with Crippen molar-refractivity contribution in [3.05, 3.63) is 29.8 Å². The van der Waals surface area contributed by atoms with Crippen LogP contribution in [0.15, 0.2) is 24.3 Å². The quantitative estimate of drug-likeness (QED) is 0.786. The molecule has 0 unspecified atom stereocenters. The molecule has 0 aliphatic carbocycles. The Morgan fingerprint density at radius 2 is 2.24 bits per heavy atom. The van der Waals surface area contributed by atoms with Gasteiger partial charge in [-0.2, -0.15) is 0 Å². The second kappa shape index (κ2) is 6.91. The van der Waals surface area contributed by atoms with Crippen molar-refractivity contribution in [1.82, 2.24) is 10.6 Å². The zero-order valence-electron chi connectivity index (χ0n) is 10.6. The minimum atomic E-state index is 0.0160. The monoisotopic (exact) mass is 236 g/mol. The number of carbonyl (C=O) groups is 1. The van der Waals surface area contributed by atoms with Crippen molar-refractivity contribution < 1.29 is 9.53 Å². The van der Waals surface area contributed by atoms with Gasteiger partial charge in [-0.3, -0.25) is 4.79 Å². The summed E-state index contributed by atoms with van der Waals surface area (Å²) < 4.78 is 5.16. The summed E-state index contributed by atoms with van der Waals surface area (Å²) in [5.41, 5.74) is 1.11. The number of amides is 1. The predicted molar refractivity (Wildman–Crippen MR) is 68.1 cm³/mol. The molecule has 1 aromatic rings. The summed E-state index contributed by atoms with van der Waals surface area (Å²) >= 11 is 0. The number of hydrogen-bond donors (Lipinski definition) is 2. The summed E-state index contributed by atoms with van der Waals surface area (Å²) in [5.74, 6) is 0.844. The number of hydrogen-bond acceptors (Lipinski definition) is 3. The molecule has 0 aromatic heterocycles. The summed E-state index contributed by atoms with van der Waals surface area (Å²) in [5, 5.41) is 5.92. The molecule has 0 radical (unpaired) electrons. The molecule has 1 amide bonds. The van der Waals surface area contributed by atoms with Gasteiger partial charge in [-0.15, -0.1) is 0 Å². The van der Waals surface area contributed by atoms with Crippen LogP contribution in [0.3, 0.4) is 0 Å². The zero-order chi connectivity index (χ0) is 12.7. The summed E-state index contributed by atoms with van der Waals surface area (Å²) in [6.07, 6.45) is 0. The minimum Gasteiger partial charge on any atom is -0.497 e. The molecule has 1 rings (SSSR count). The normalized spacial score (nSPS) is 11.9. The third kappa shape index (κ3) is 4.44. The number of methoxy groups -OCH3 is 1. The lowest BCUT2D eigenvalue weighted by Gasteiger charge is -2.14. The van der Waals surface area contributed by atoms with Gasteiger partial charge in [0.2, 0.25) is 5.91 Å². The molecule has 0 aliphatic heterocycles. The van der Waals surface area contributed by atoms with E-state index in [-0.39, 0.29) is 11.9 Å². The smallest absolute Gasteiger partial charge is 0.233 e. The molecule has 4 nitrogen and oxygen atoms in total. The Labute approximate surface area is 102 Å². The van der Waals surface area contributed by atoms with Gasteiger partial charge in [0.25, 0.3) is 0 Å². The minimum absolute atomic E-state index is 0.0160. The molecular formula is C13H20N2O2. The second-order valence-corrected chi connectivity index (χ2v) is 3.83. The second-order valence-electron chi connectivity index (χ2n) is 3.83. The van der Waals surface area contributed by atoms with Gasteiger partial charge < -0.3 is 15.4 Å². The summed E-state index contributed by atoms with van der Waals surface area (Å²) in [6, 6.07) is 7.94. The lowest BCUT2D eigenvalue weighted by atomic mass is 10.1. The van der Waals surface area contributed by atoms with E-state index in [0.29, 0.717) is 13.1 Å². The molecule has 0 saturated carbocycles. The molecule has 0 heterocycles. The molecular weight excluding hydrogens is 216 g/mol. The molecule has 0 aliphatic rings. The fraction of sp³-hybridized carbons (Fsp3) is 0.462. The first-order chi connectivity index (χ1) is 8.17. The van der Waals surface area contributed by atoms with Crippen LogP contribution in [0, 0.1) is 0 Å². The van der Waals surface area contributed by atoms with Gasteiger partial charge in [-0.05, 0) is 31.5 Å². The number of carbonyl (C=O) groups excluding carboxylic acids is 1. The standard InChI is InChI=1S/C13H20N2O2/c1-4-14-13(16)9-15-10(2)11-6-5-7-12(8-11)17-3/h5-8,10,15H,4,9H2,1-3H3,(H,14,16)/t10-/m1/s1. The predicted octanol–water partition coefficient (Wildman–Crippen LogP) is 1.48. The molecule has 1 aromatic carbocycles. The molecule has 0 saturated heterocycles. The van der Waals surface area contributed by atoms with Gasteiger partial charge in [0.05, 0.1) is 13.7 Å². The Morgan fingerprint density at radius 1 is 1.47 bits per heavy atom. The third-order valence-electron chi connectivity index (χ3n) is 2.54. The van der Waals surface area contributed by atoms with Crippen LogP contribution in [-0.2, 0) is 4.79 Å². The van der Waals surface area contributed by atoms with Crippen LogP contribution in [-0.4, -0.2) is 26.1 Å². The Morgan fingerprint density at radius 3 is 2.88 bits per heavy atom. The highest BCUT2D eigenvalue weighted by Crippen LogP contribution is 2.18. The van der Waals surface area contributed by atoms with E-state index in [1.165, 1.54) is 0 Å². The summed E-state index contributed by atoms with van der Waals surface area (Å²) in [6.45, 7) is 4.91. The molecule has 0 spiro atoms. The van der Waals surface area contributed by atoms with Crippen molar-refractivity contribution >= 4 is 5.91 Å². The summed E-state index contributed by atoms with van der Waals surface area (Å²) in [7, 11) is 1.64. The van der Waals surface area contributed by atoms with E-state index in [4.69, 9.17) is 4.74 Å². The van der Waals surface area contributed by atoms with E-state index in [1.807, 2.05) is 38.1 Å². The number of benzene rings is 1. The Kier molecular flexibility index (Phi) is 5.49. The van der Waals surface area contributed by atoms with E-state index in [2.05, 4.69) is 10.6 Å². The topological polar surface area (TPSA) is 50.4 Å². The van der Waals surface area contributed by atoms with Gasteiger partial charge in [-0.25, -0.2) is 0 Å². The van der Waals surface area contributed by atoms with Gasteiger partial charge >= 0.3 is 0 Å². The molecule has 0 bridgehead atoms. The SMILES string of the molecule is CCNC(=O)CN[C@H](C)c1cccc(OC)c1. The number of likely N-dealkylation sites (N-methyl/N-ethyl adjacent to an activating group) is 1. The maximum atomic E-state index is 11.3. The highest BCUT2D eigenvalue weighted by atomic mass is 16.5. The van der Waals surface area contributed by atoms with Crippen molar-refractivity contribution in [1.29, 1.82) is 0 Å². The van der Waals surface area contributed by atoms with Crippen molar-refractivity contribution in [3.63, 3.8) is 0 Å². The fourth-order valence-electron chi connectivity index (χ4n) is 1.53. The van der Waals surface area contributed by atoms with Gasteiger partial charge in [-0.1, -0.05) is 12.1 Å². The lowest BCUT2D eigenvalue weighted by Crippen LogP contribution is -2.34. The number of ether oxygens (including phenoxy) is 1. The van der Waals surface area contributed by atoms with E-state index in [9.17, 15) is 4.79 Å². The maximum Gasteiger partial charge on any atom is 0.233 e. The van der Waals surface area contributed by atoms with E-state index in [0.717, 1.165) is 11.3 Å². The first kappa shape index (κ1) is 13.5. The average Bonchev–Trinajstić information content (AvgIpc) is 2.36. The van der Waals surface area contributed by atoms with Gasteiger partial charge in [0.1, 0.15) is 5.75 Å². The summed E-state index contributed by atoms with van der Waals surface area (Å²) in [4.78, 5) is 11.3. The Hall–Kier alpha value is -1.55. The maximum absolute atomic E-state index is 11.3. The molecule has 17 heavy (non-hydrogen) atoms. The van der Waals surface area contributed by atoms with Crippen molar-refractivity contribution in [2.24, 2.45) is 0 Å². The molecule has 2 N–H and O–H groups in total. The van der Waals surface area contributed by atoms with Gasteiger partial charge in [0.15, 0.2) is 0 Å². The first-order valence-corrected chi connectivity index (χ1v) is 5.81. The van der Waals surface area contributed by atoms with E-state index in [1.54, 1.807) is 7.11 Å². The van der Waals surface area contributed by atoms with Crippen LogP contribution in [0.4, 0.5) is 0 Å².